The fourth-order valence-corrected chi connectivity index (χ4v) is 8.18. The van der Waals surface area contributed by atoms with Crippen molar-refractivity contribution in [2.24, 2.45) is 0 Å². The van der Waals surface area contributed by atoms with Gasteiger partial charge in [-0.05, 0) is 112 Å². The molecule has 0 radical (unpaired) electrons. The van der Waals surface area contributed by atoms with Crippen LogP contribution in [0.4, 0.5) is 17.1 Å². The molecule has 11 aromatic rings. The Kier molecular flexibility index (Phi) is 6.55. The lowest BCUT2D eigenvalue weighted by Crippen LogP contribution is -2.10. The lowest BCUT2D eigenvalue weighted by molar-refractivity contribution is 0.669. The molecule has 0 aliphatic heterocycles. The molecule has 2 heterocycles. The van der Waals surface area contributed by atoms with Crippen LogP contribution in [0.15, 0.2) is 199 Å². The van der Waals surface area contributed by atoms with Crippen molar-refractivity contribution in [3.63, 3.8) is 0 Å². The normalized spacial score (nSPS) is 11.8. The molecule has 0 aliphatic carbocycles. The van der Waals surface area contributed by atoms with Crippen molar-refractivity contribution in [1.82, 2.24) is 4.57 Å². The first-order chi connectivity index (χ1) is 26.2. The van der Waals surface area contributed by atoms with Crippen molar-refractivity contribution in [3.05, 3.63) is 194 Å². The molecule has 0 amide bonds. The zero-order chi connectivity index (χ0) is 34.9. The second-order valence-electron chi connectivity index (χ2n) is 13.8. The molecule has 0 unspecified atom stereocenters. The summed E-state index contributed by atoms with van der Waals surface area (Å²) in [6.45, 7) is 0. The molecular formula is C50H32N2O. The number of hydrogen-bond donors (Lipinski definition) is 0. The number of rotatable bonds is 5. The Bertz CT molecular complexity index is 3170. The molecule has 3 nitrogen and oxygen atoms in total. The molecule has 0 saturated carbocycles. The molecule has 0 spiro atoms. The summed E-state index contributed by atoms with van der Waals surface area (Å²) in [5, 5.41) is 9.52. The number of furan rings is 1. The van der Waals surface area contributed by atoms with Crippen LogP contribution in [0.25, 0.3) is 82.1 Å². The summed E-state index contributed by atoms with van der Waals surface area (Å²) < 4.78 is 8.75. The van der Waals surface area contributed by atoms with Crippen molar-refractivity contribution in [2.75, 3.05) is 4.90 Å². The van der Waals surface area contributed by atoms with Crippen LogP contribution in [0.2, 0.25) is 0 Å². The van der Waals surface area contributed by atoms with E-state index in [1.54, 1.807) is 0 Å². The molecular weight excluding hydrogens is 645 g/mol. The summed E-state index contributed by atoms with van der Waals surface area (Å²) in [5.74, 6) is 0. The molecule has 0 aliphatic rings. The maximum atomic E-state index is 6.31. The number of fused-ring (bicyclic) bond motifs is 8. The zero-order valence-corrected chi connectivity index (χ0v) is 28.8. The van der Waals surface area contributed by atoms with E-state index < -0.39 is 0 Å². The molecule has 11 rings (SSSR count). The van der Waals surface area contributed by atoms with Crippen LogP contribution in [0, 0.1) is 0 Å². The van der Waals surface area contributed by atoms with Crippen molar-refractivity contribution in [1.29, 1.82) is 0 Å². The summed E-state index contributed by atoms with van der Waals surface area (Å²) in [5.41, 5.74) is 10.9. The highest BCUT2D eigenvalue weighted by Gasteiger charge is 2.19. The van der Waals surface area contributed by atoms with Gasteiger partial charge in [-0.15, -0.1) is 0 Å². The van der Waals surface area contributed by atoms with Gasteiger partial charge >= 0.3 is 0 Å². The van der Waals surface area contributed by atoms with Gasteiger partial charge in [0.05, 0.1) is 11.0 Å². The third-order valence-corrected chi connectivity index (χ3v) is 10.7. The van der Waals surface area contributed by atoms with E-state index in [0.717, 1.165) is 55.6 Å². The Morgan fingerprint density at radius 1 is 0.340 bits per heavy atom. The maximum absolute atomic E-state index is 6.31. The lowest BCUT2D eigenvalue weighted by atomic mass is 10.0. The number of nitrogens with zero attached hydrogens (tertiary/aromatic N) is 2. The maximum Gasteiger partial charge on any atom is 0.136 e. The fourth-order valence-electron chi connectivity index (χ4n) is 8.18. The molecule has 248 valence electrons. The van der Waals surface area contributed by atoms with E-state index >= 15 is 0 Å². The van der Waals surface area contributed by atoms with Gasteiger partial charge in [-0.3, -0.25) is 0 Å². The van der Waals surface area contributed by atoms with Gasteiger partial charge in [0.1, 0.15) is 11.2 Å². The summed E-state index contributed by atoms with van der Waals surface area (Å²) in [6.07, 6.45) is 0. The van der Waals surface area contributed by atoms with E-state index in [4.69, 9.17) is 4.42 Å². The van der Waals surface area contributed by atoms with E-state index in [2.05, 4.69) is 191 Å². The molecule has 53 heavy (non-hydrogen) atoms. The standard InChI is InChI=1S/C50H32N2O/c1-3-12-33(13-4-1)34-16-11-19-40(26-34)52-47-30-36-15-8-7-14-35(36)28-45(47)43-25-24-42(32-48(43)52)51(39-17-5-2-6-18-39)41-23-22-37-29-46-44-20-9-10-21-49(44)53-50(46)31-38(37)27-41/h1-32H. The lowest BCUT2D eigenvalue weighted by Gasteiger charge is -2.26. The van der Waals surface area contributed by atoms with Crippen LogP contribution in [0.1, 0.15) is 0 Å². The predicted molar refractivity (Wildman–Crippen MR) is 223 cm³/mol. The van der Waals surface area contributed by atoms with Gasteiger partial charge in [0.15, 0.2) is 0 Å². The van der Waals surface area contributed by atoms with Crippen LogP contribution in [0.5, 0.6) is 0 Å². The Labute approximate surface area is 306 Å². The minimum absolute atomic E-state index is 0.901. The topological polar surface area (TPSA) is 21.3 Å². The van der Waals surface area contributed by atoms with E-state index in [9.17, 15) is 0 Å². The predicted octanol–water partition coefficient (Wildman–Crippen LogP) is 14.1. The van der Waals surface area contributed by atoms with Gasteiger partial charge < -0.3 is 13.9 Å². The van der Waals surface area contributed by atoms with Crippen molar-refractivity contribution in [3.8, 4) is 16.8 Å². The van der Waals surface area contributed by atoms with Crippen LogP contribution in [0.3, 0.4) is 0 Å². The van der Waals surface area contributed by atoms with Crippen molar-refractivity contribution >= 4 is 82.4 Å². The van der Waals surface area contributed by atoms with Crippen LogP contribution < -0.4 is 4.90 Å². The summed E-state index contributed by atoms with van der Waals surface area (Å²) in [4.78, 5) is 2.36. The summed E-state index contributed by atoms with van der Waals surface area (Å²) in [6, 6.07) is 69.9. The first-order valence-corrected chi connectivity index (χ1v) is 18.1. The van der Waals surface area contributed by atoms with Gasteiger partial charge in [0.2, 0.25) is 0 Å². The molecule has 0 bridgehead atoms. The molecule has 3 heteroatoms. The van der Waals surface area contributed by atoms with E-state index in [-0.39, 0.29) is 0 Å². The number of anilines is 3. The van der Waals surface area contributed by atoms with Crippen LogP contribution >= 0.6 is 0 Å². The second kappa shape index (κ2) is 11.7. The third kappa shape index (κ3) is 4.82. The van der Waals surface area contributed by atoms with Crippen molar-refractivity contribution < 1.29 is 4.42 Å². The quantitative estimate of drug-likeness (QED) is 0.181. The molecule has 0 fully saturated rings. The average Bonchev–Trinajstić information content (AvgIpc) is 3.74. The number of aromatic nitrogens is 1. The summed E-state index contributed by atoms with van der Waals surface area (Å²) in [7, 11) is 0. The highest BCUT2D eigenvalue weighted by molar-refractivity contribution is 6.15. The molecule has 0 atom stereocenters. The Balaban J connectivity index is 1.15. The first kappa shape index (κ1) is 29.6. The van der Waals surface area contributed by atoms with Crippen molar-refractivity contribution in [2.45, 2.75) is 0 Å². The minimum atomic E-state index is 0.901. The average molecular weight is 677 g/mol. The smallest absolute Gasteiger partial charge is 0.136 e. The summed E-state index contributed by atoms with van der Waals surface area (Å²) >= 11 is 0. The Morgan fingerprint density at radius 2 is 1.00 bits per heavy atom. The van der Waals surface area contributed by atoms with E-state index in [0.29, 0.717) is 0 Å². The second-order valence-corrected chi connectivity index (χ2v) is 13.8. The molecule has 0 N–H and O–H groups in total. The van der Waals surface area contributed by atoms with Gasteiger partial charge in [-0.25, -0.2) is 0 Å². The van der Waals surface area contributed by atoms with Crippen LogP contribution in [-0.2, 0) is 0 Å². The molecule has 0 saturated heterocycles. The monoisotopic (exact) mass is 676 g/mol. The molecule has 2 aromatic heterocycles. The van der Waals surface area contributed by atoms with E-state index in [1.165, 1.54) is 43.6 Å². The Morgan fingerprint density at radius 3 is 1.87 bits per heavy atom. The van der Waals surface area contributed by atoms with Gasteiger partial charge in [-0.1, -0.05) is 115 Å². The fraction of sp³-hybridized carbons (Fsp3) is 0. The van der Waals surface area contributed by atoms with E-state index in [1.807, 2.05) is 12.1 Å². The highest BCUT2D eigenvalue weighted by atomic mass is 16.3. The highest BCUT2D eigenvalue weighted by Crippen LogP contribution is 2.42. The van der Waals surface area contributed by atoms with Gasteiger partial charge in [-0.2, -0.15) is 0 Å². The number of benzene rings is 9. The Hall–Kier alpha value is -7.10. The van der Waals surface area contributed by atoms with Gasteiger partial charge in [0, 0.05) is 44.3 Å². The number of para-hydroxylation sites is 2. The van der Waals surface area contributed by atoms with Crippen LogP contribution in [-0.4, -0.2) is 4.57 Å². The zero-order valence-electron chi connectivity index (χ0n) is 28.8. The van der Waals surface area contributed by atoms with Gasteiger partial charge in [0.25, 0.3) is 0 Å². The first-order valence-electron chi connectivity index (χ1n) is 18.1. The number of hydrogen-bond acceptors (Lipinski definition) is 2. The molecule has 9 aromatic carbocycles. The third-order valence-electron chi connectivity index (χ3n) is 10.7. The minimum Gasteiger partial charge on any atom is -0.456 e. The SMILES string of the molecule is c1ccc(-c2cccc(-n3c4cc(N(c5ccccc5)c5ccc6cc7c(cc6c5)oc5ccccc57)ccc4c4cc5ccccc5cc43)c2)cc1. The largest absolute Gasteiger partial charge is 0.456 e.